The van der Waals surface area contributed by atoms with Gasteiger partial charge in [-0.15, -0.1) is 5.10 Å². The minimum absolute atomic E-state index is 0.142. The predicted octanol–water partition coefficient (Wildman–Crippen LogP) is 1.10. The maximum absolute atomic E-state index is 11.8. The van der Waals surface area contributed by atoms with Crippen LogP contribution in [-0.2, 0) is 11.3 Å². The Morgan fingerprint density at radius 3 is 2.82 bits per heavy atom. The van der Waals surface area contributed by atoms with Crippen molar-refractivity contribution in [2.24, 2.45) is 0 Å². The largest absolute Gasteiger partial charge is 0.355 e. The molecule has 0 fully saturated rings. The van der Waals surface area contributed by atoms with Crippen LogP contribution in [0.4, 0.5) is 5.69 Å². The quantitative estimate of drug-likeness (QED) is 0.829. The van der Waals surface area contributed by atoms with Crippen LogP contribution in [0.5, 0.6) is 0 Å². The van der Waals surface area contributed by atoms with E-state index in [1.54, 1.807) is 22.9 Å². The second kappa shape index (κ2) is 7.51. The van der Waals surface area contributed by atoms with E-state index in [4.69, 9.17) is 11.6 Å². The number of benzene rings is 1. The Morgan fingerprint density at radius 2 is 2.18 bits per heavy atom. The Labute approximate surface area is 131 Å². The van der Waals surface area contributed by atoms with Crippen molar-refractivity contribution in [3.8, 4) is 0 Å². The standard InChI is InChI=1S/C13H15ClN6O2/c1-15-13(22)10-5-4-9(7-11(10)14)17-12(21)3-2-6-20-8-16-18-19-20/h4-5,7-8H,2-3,6H2,1H3,(H,15,22)(H,17,21). The zero-order valence-corrected chi connectivity index (χ0v) is 12.7. The highest BCUT2D eigenvalue weighted by Crippen LogP contribution is 2.21. The van der Waals surface area contributed by atoms with Crippen molar-refractivity contribution in [3.05, 3.63) is 35.1 Å². The fourth-order valence-corrected chi connectivity index (χ4v) is 2.09. The van der Waals surface area contributed by atoms with Crippen LogP contribution in [0.15, 0.2) is 24.5 Å². The first-order valence-corrected chi connectivity index (χ1v) is 7.00. The number of rotatable bonds is 6. The van der Waals surface area contributed by atoms with Crippen LogP contribution in [0.2, 0.25) is 5.02 Å². The van der Waals surface area contributed by atoms with Gasteiger partial charge in [0, 0.05) is 25.7 Å². The highest BCUT2D eigenvalue weighted by atomic mass is 35.5. The molecule has 0 radical (unpaired) electrons. The minimum atomic E-state index is -0.274. The number of amides is 2. The summed E-state index contributed by atoms with van der Waals surface area (Å²) in [6.45, 7) is 0.566. The van der Waals surface area contributed by atoms with Crippen molar-refractivity contribution < 1.29 is 9.59 Å². The van der Waals surface area contributed by atoms with Crippen molar-refractivity contribution >= 4 is 29.1 Å². The van der Waals surface area contributed by atoms with E-state index in [1.807, 2.05) is 0 Å². The molecule has 0 aliphatic rings. The van der Waals surface area contributed by atoms with Gasteiger partial charge in [0.1, 0.15) is 6.33 Å². The molecule has 0 unspecified atom stereocenters. The Balaban J connectivity index is 1.86. The monoisotopic (exact) mass is 322 g/mol. The van der Waals surface area contributed by atoms with Gasteiger partial charge in [0.15, 0.2) is 0 Å². The molecule has 0 aliphatic carbocycles. The van der Waals surface area contributed by atoms with Crippen LogP contribution in [0, 0.1) is 0 Å². The molecule has 2 rings (SSSR count). The predicted molar refractivity (Wildman–Crippen MR) is 80.5 cm³/mol. The highest BCUT2D eigenvalue weighted by Gasteiger charge is 2.10. The summed E-state index contributed by atoms with van der Waals surface area (Å²) in [6.07, 6.45) is 2.44. The number of nitrogens with one attached hydrogen (secondary N) is 2. The summed E-state index contributed by atoms with van der Waals surface area (Å²) in [4.78, 5) is 23.4. The molecule has 0 saturated carbocycles. The van der Waals surface area contributed by atoms with Crippen LogP contribution >= 0.6 is 11.6 Å². The van der Waals surface area contributed by atoms with E-state index in [1.165, 1.54) is 13.4 Å². The molecule has 2 N–H and O–H groups in total. The van der Waals surface area contributed by atoms with Crippen LogP contribution in [0.1, 0.15) is 23.2 Å². The van der Waals surface area contributed by atoms with Crippen molar-refractivity contribution in [3.63, 3.8) is 0 Å². The summed E-state index contributed by atoms with van der Waals surface area (Å²) in [5.41, 5.74) is 0.908. The molecule has 1 aromatic heterocycles. The number of tetrazole rings is 1. The lowest BCUT2D eigenvalue weighted by Gasteiger charge is -2.08. The van der Waals surface area contributed by atoms with Crippen molar-refractivity contribution in [2.75, 3.05) is 12.4 Å². The van der Waals surface area contributed by atoms with Gasteiger partial charge in [-0.2, -0.15) is 0 Å². The average Bonchev–Trinajstić information content (AvgIpc) is 3.00. The third-order valence-electron chi connectivity index (χ3n) is 2.91. The Kier molecular flexibility index (Phi) is 5.42. The lowest BCUT2D eigenvalue weighted by atomic mass is 10.2. The Morgan fingerprint density at radius 1 is 1.36 bits per heavy atom. The molecule has 1 aromatic carbocycles. The summed E-state index contributed by atoms with van der Waals surface area (Å²) >= 11 is 6.02. The number of carbonyl (C=O) groups is 2. The molecule has 9 heteroatoms. The molecule has 2 amide bonds. The summed E-state index contributed by atoms with van der Waals surface area (Å²) in [5.74, 6) is -0.416. The van der Waals surface area contributed by atoms with Gasteiger partial charge >= 0.3 is 0 Å². The average molecular weight is 323 g/mol. The maximum Gasteiger partial charge on any atom is 0.252 e. The Hall–Kier alpha value is -2.48. The number of carbonyl (C=O) groups excluding carboxylic acids is 2. The van der Waals surface area contributed by atoms with Gasteiger partial charge in [-0.25, -0.2) is 4.68 Å². The van der Waals surface area contributed by atoms with E-state index in [0.29, 0.717) is 30.6 Å². The first-order valence-electron chi connectivity index (χ1n) is 6.62. The molecule has 2 aromatic rings. The molecule has 1 heterocycles. The SMILES string of the molecule is CNC(=O)c1ccc(NC(=O)CCCn2cnnn2)cc1Cl. The van der Waals surface area contributed by atoms with Gasteiger partial charge in [0.2, 0.25) is 5.91 Å². The van der Waals surface area contributed by atoms with Crippen molar-refractivity contribution in [2.45, 2.75) is 19.4 Å². The number of halogens is 1. The number of aromatic nitrogens is 4. The first kappa shape index (κ1) is 15.9. The van der Waals surface area contributed by atoms with Crippen LogP contribution in [-0.4, -0.2) is 39.1 Å². The van der Waals surface area contributed by atoms with E-state index in [2.05, 4.69) is 26.2 Å². The second-order valence-electron chi connectivity index (χ2n) is 4.50. The fourth-order valence-electron chi connectivity index (χ4n) is 1.82. The van der Waals surface area contributed by atoms with E-state index >= 15 is 0 Å². The molecule has 0 aliphatic heterocycles. The van der Waals surface area contributed by atoms with E-state index in [0.717, 1.165) is 0 Å². The topological polar surface area (TPSA) is 102 Å². The molecule has 0 spiro atoms. The number of hydrogen-bond acceptors (Lipinski definition) is 5. The van der Waals surface area contributed by atoms with Gasteiger partial charge in [0.25, 0.3) is 5.91 Å². The minimum Gasteiger partial charge on any atom is -0.355 e. The van der Waals surface area contributed by atoms with Crippen LogP contribution in [0.3, 0.4) is 0 Å². The van der Waals surface area contributed by atoms with E-state index < -0.39 is 0 Å². The zero-order valence-electron chi connectivity index (χ0n) is 11.9. The molecule has 0 atom stereocenters. The van der Waals surface area contributed by atoms with Crippen LogP contribution in [0.25, 0.3) is 0 Å². The third kappa shape index (κ3) is 4.26. The number of nitrogens with zero attached hydrogens (tertiary/aromatic N) is 4. The lowest BCUT2D eigenvalue weighted by Crippen LogP contribution is -2.18. The van der Waals surface area contributed by atoms with Gasteiger partial charge in [-0.3, -0.25) is 9.59 Å². The molecular weight excluding hydrogens is 308 g/mol. The zero-order chi connectivity index (χ0) is 15.9. The Bertz CT molecular complexity index is 659. The summed E-state index contributed by atoms with van der Waals surface area (Å²) in [5, 5.41) is 16.2. The van der Waals surface area contributed by atoms with Crippen LogP contribution < -0.4 is 10.6 Å². The lowest BCUT2D eigenvalue weighted by molar-refractivity contribution is -0.116. The summed E-state index contributed by atoms with van der Waals surface area (Å²) in [6, 6.07) is 4.75. The molecule has 8 nitrogen and oxygen atoms in total. The van der Waals surface area contributed by atoms with E-state index in [-0.39, 0.29) is 16.8 Å². The number of hydrogen-bond donors (Lipinski definition) is 2. The molecule has 22 heavy (non-hydrogen) atoms. The first-order chi connectivity index (χ1) is 10.6. The van der Waals surface area contributed by atoms with Gasteiger partial charge in [-0.1, -0.05) is 11.6 Å². The summed E-state index contributed by atoms with van der Waals surface area (Å²) < 4.78 is 1.56. The van der Waals surface area contributed by atoms with Crippen molar-refractivity contribution in [1.82, 2.24) is 25.5 Å². The number of anilines is 1. The molecular formula is C13H15ClN6O2. The van der Waals surface area contributed by atoms with Gasteiger partial charge in [-0.05, 0) is 35.0 Å². The third-order valence-corrected chi connectivity index (χ3v) is 3.22. The highest BCUT2D eigenvalue weighted by molar-refractivity contribution is 6.34. The molecule has 0 bridgehead atoms. The summed E-state index contributed by atoms with van der Waals surface area (Å²) in [7, 11) is 1.53. The van der Waals surface area contributed by atoms with Gasteiger partial charge < -0.3 is 10.6 Å². The van der Waals surface area contributed by atoms with Crippen molar-refractivity contribution in [1.29, 1.82) is 0 Å². The van der Waals surface area contributed by atoms with E-state index in [9.17, 15) is 9.59 Å². The maximum atomic E-state index is 11.8. The smallest absolute Gasteiger partial charge is 0.252 e. The van der Waals surface area contributed by atoms with Gasteiger partial charge in [0.05, 0.1) is 10.6 Å². The fraction of sp³-hybridized carbons (Fsp3) is 0.308. The molecule has 116 valence electrons. The second-order valence-corrected chi connectivity index (χ2v) is 4.91. The normalized spacial score (nSPS) is 10.3. The number of aryl methyl sites for hydroxylation is 1. The molecule has 0 saturated heterocycles.